The molecule has 0 radical (unpaired) electrons. The van der Waals surface area contributed by atoms with Gasteiger partial charge in [-0.05, 0) is 55.9 Å². The summed E-state index contributed by atoms with van der Waals surface area (Å²) in [6.07, 6.45) is 0.617. The normalized spacial score (nSPS) is 17.8. The molecular weight excluding hydrogens is 570 g/mol. The SMILES string of the molecule is C[C@H]1CN([C@@H](C)CO)C(=O)c2cccc(NS(C)(=O)=O)c2O[C@H]1CN(C)Cc1ccc(C(=O)Nc2ccccc2N)cc1. The number of benzene rings is 3. The topological polar surface area (TPSA) is 154 Å². The molecule has 1 aliphatic heterocycles. The summed E-state index contributed by atoms with van der Waals surface area (Å²) in [4.78, 5) is 29.9. The molecule has 1 aliphatic rings. The number of ether oxygens (including phenoxy) is 1. The number of anilines is 3. The molecule has 3 aromatic rings. The van der Waals surface area contributed by atoms with E-state index in [4.69, 9.17) is 10.5 Å². The number of aliphatic hydroxyl groups excluding tert-OH is 1. The molecule has 3 atom stereocenters. The molecule has 0 spiro atoms. The van der Waals surface area contributed by atoms with Crippen molar-refractivity contribution in [3.63, 3.8) is 0 Å². The predicted molar refractivity (Wildman–Crippen MR) is 168 cm³/mol. The van der Waals surface area contributed by atoms with E-state index in [9.17, 15) is 23.1 Å². The molecular formula is C31H39N5O6S. The van der Waals surface area contributed by atoms with E-state index in [0.29, 0.717) is 36.6 Å². The van der Waals surface area contributed by atoms with Crippen molar-refractivity contribution in [3.8, 4) is 5.75 Å². The van der Waals surface area contributed by atoms with Crippen molar-refractivity contribution in [2.45, 2.75) is 32.5 Å². The van der Waals surface area contributed by atoms with Gasteiger partial charge < -0.3 is 25.8 Å². The zero-order valence-corrected chi connectivity index (χ0v) is 25.6. The number of aliphatic hydroxyl groups is 1. The first-order valence-electron chi connectivity index (χ1n) is 14.0. The van der Waals surface area contributed by atoms with E-state index in [1.807, 2.05) is 26.1 Å². The number of hydrogen-bond acceptors (Lipinski definition) is 8. The molecule has 4 rings (SSSR count). The lowest BCUT2D eigenvalue weighted by atomic mass is 9.99. The standard InChI is InChI=1S/C31H39N5O6S/c1-20-16-36(21(2)19-37)31(39)24-8-7-11-27(34-43(4,40)41)29(24)42-28(20)18-35(3)17-22-12-14-23(15-13-22)30(38)33-26-10-6-5-9-25(26)32/h5-15,20-21,28,34,37H,16-19,32H2,1-4H3,(H,33,38)/t20-,21-,28-/m0/s1. The molecule has 0 saturated heterocycles. The second-order valence-corrected chi connectivity index (χ2v) is 12.9. The molecule has 0 aliphatic carbocycles. The van der Waals surface area contributed by atoms with Crippen LogP contribution in [0.25, 0.3) is 0 Å². The highest BCUT2D eigenvalue weighted by atomic mass is 32.2. The van der Waals surface area contributed by atoms with Gasteiger partial charge in [-0.1, -0.05) is 37.3 Å². The first-order valence-corrected chi connectivity index (χ1v) is 15.9. The van der Waals surface area contributed by atoms with Gasteiger partial charge in [-0.25, -0.2) is 8.42 Å². The number of carbonyl (C=O) groups excluding carboxylic acids is 2. The van der Waals surface area contributed by atoms with Crippen LogP contribution in [0.2, 0.25) is 0 Å². The van der Waals surface area contributed by atoms with Crippen molar-refractivity contribution in [2.24, 2.45) is 5.92 Å². The number of hydrogen-bond donors (Lipinski definition) is 4. The quantitative estimate of drug-likeness (QED) is 0.256. The number of carbonyl (C=O) groups is 2. The van der Waals surface area contributed by atoms with E-state index < -0.39 is 22.2 Å². The molecule has 43 heavy (non-hydrogen) atoms. The Labute approximate surface area is 252 Å². The highest BCUT2D eigenvalue weighted by Crippen LogP contribution is 2.35. The van der Waals surface area contributed by atoms with Crippen LogP contribution in [0, 0.1) is 5.92 Å². The maximum atomic E-state index is 13.5. The van der Waals surface area contributed by atoms with Crippen LogP contribution >= 0.6 is 0 Å². The minimum atomic E-state index is -3.65. The first kappa shape index (κ1) is 31.8. The van der Waals surface area contributed by atoms with Crippen LogP contribution in [0.5, 0.6) is 5.75 Å². The fourth-order valence-electron chi connectivity index (χ4n) is 4.99. The summed E-state index contributed by atoms with van der Waals surface area (Å²) in [6.45, 7) is 4.87. The molecule has 230 valence electrons. The zero-order chi connectivity index (χ0) is 31.3. The van der Waals surface area contributed by atoms with Crippen molar-refractivity contribution in [3.05, 3.63) is 83.4 Å². The Kier molecular flexibility index (Phi) is 9.95. The van der Waals surface area contributed by atoms with Crippen LogP contribution in [0.3, 0.4) is 0 Å². The maximum Gasteiger partial charge on any atom is 0.258 e. The fourth-order valence-corrected chi connectivity index (χ4v) is 5.55. The Morgan fingerprint density at radius 1 is 1.12 bits per heavy atom. The number of rotatable bonds is 10. The van der Waals surface area contributed by atoms with Crippen LogP contribution in [0.15, 0.2) is 66.7 Å². The van der Waals surface area contributed by atoms with E-state index >= 15 is 0 Å². The maximum absolute atomic E-state index is 13.5. The molecule has 0 aromatic heterocycles. The third-order valence-corrected chi connectivity index (χ3v) is 7.95. The molecule has 1 heterocycles. The van der Waals surface area contributed by atoms with E-state index in [1.165, 1.54) is 0 Å². The number of amides is 2. The van der Waals surface area contributed by atoms with Crippen molar-refractivity contribution >= 4 is 38.9 Å². The lowest BCUT2D eigenvalue weighted by molar-refractivity contribution is 0.0344. The van der Waals surface area contributed by atoms with Gasteiger partial charge in [0.1, 0.15) is 6.10 Å². The Balaban J connectivity index is 1.52. The van der Waals surface area contributed by atoms with Gasteiger partial charge in [-0.2, -0.15) is 0 Å². The molecule has 2 amide bonds. The predicted octanol–water partition coefficient (Wildman–Crippen LogP) is 3.24. The molecule has 12 heteroatoms. The van der Waals surface area contributed by atoms with Gasteiger partial charge in [0.25, 0.3) is 11.8 Å². The summed E-state index contributed by atoms with van der Waals surface area (Å²) >= 11 is 0. The number of nitrogens with two attached hydrogens (primary N) is 1. The summed E-state index contributed by atoms with van der Waals surface area (Å²) < 4.78 is 33.1. The van der Waals surface area contributed by atoms with E-state index in [-0.39, 0.29) is 41.3 Å². The molecule has 0 unspecified atom stereocenters. The Hall–Kier alpha value is -4.13. The zero-order valence-electron chi connectivity index (χ0n) is 24.8. The lowest BCUT2D eigenvalue weighted by Gasteiger charge is -2.38. The Morgan fingerprint density at radius 3 is 2.44 bits per heavy atom. The molecule has 5 N–H and O–H groups in total. The summed E-state index contributed by atoms with van der Waals surface area (Å²) in [7, 11) is -1.71. The van der Waals surface area contributed by atoms with Crippen LogP contribution < -0.4 is 20.5 Å². The average molecular weight is 610 g/mol. The average Bonchev–Trinajstić information content (AvgIpc) is 2.95. The van der Waals surface area contributed by atoms with Gasteiger partial charge in [0, 0.05) is 31.1 Å². The van der Waals surface area contributed by atoms with Crippen LogP contribution in [-0.4, -0.2) is 80.3 Å². The van der Waals surface area contributed by atoms with E-state index in [1.54, 1.807) is 66.4 Å². The van der Waals surface area contributed by atoms with Crippen molar-refractivity contribution < 1.29 is 27.9 Å². The van der Waals surface area contributed by atoms with Crippen LogP contribution in [0.4, 0.5) is 17.1 Å². The minimum Gasteiger partial charge on any atom is -0.486 e. The number of para-hydroxylation sites is 3. The van der Waals surface area contributed by atoms with Crippen LogP contribution in [0.1, 0.15) is 40.1 Å². The van der Waals surface area contributed by atoms with Gasteiger partial charge in [-0.15, -0.1) is 0 Å². The van der Waals surface area contributed by atoms with Crippen molar-refractivity contribution in [2.75, 3.05) is 48.8 Å². The summed E-state index contributed by atoms with van der Waals surface area (Å²) in [5.74, 6) is -0.599. The number of nitrogens with one attached hydrogen (secondary N) is 2. The second kappa shape index (κ2) is 13.4. The van der Waals surface area contributed by atoms with Crippen LogP contribution in [-0.2, 0) is 16.6 Å². The Morgan fingerprint density at radius 2 is 1.79 bits per heavy atom. The van der Waals surface area contributed by atoms with E-state index in [0.717, 1.165) is 11.8 Å². The molecule has 3 aromatic carbocycles. The van der Waals surface area contributed by atoms with Gasteiger partial charge in [0.05, 0.1) is 41.5 Å². The van der Waals surface area contributed by atoms with Gasteiger partial charge in [0.15, 0.2) is 5.75 Å². The largest absolute Gasteiger partial charge is 0.486 e. The monoisotopic (exact) mass is 609 g/mol. The molecule has 11 nitrogen and oxygen atoms in total. The van der Waals surface area contributed by atoms with Crippen molar-refractivity contribution in [1.29, 1.82) is 0 Å². The summed E-state index contributed by atoms with van der Waals surface area (Å²) in [5.41, 5.74) is 8.85. The highest BCUT2D eigenvalue weighted by Gasteiger charge is 2.34. The van der Waals surface area contributed by atoms with E-state index in [2.05, 4.69) is 14.9 Å². The lowest BCUT2D eigenvalue weighted by Crippen LogP contribution is -2.49. The molecule has 0 fully saturated rings. The summed E-state index contributed by atoms with van der Waals surface area (Å²) in [6, 6.07) is 18.7. The Bertz CT molecular complexity index is 1560. The molecule has 0 saturated carbocycles. The first-order chi connectivity index (χ1) is 20.4. The third kappa shape index (κ3) is 8.04. The van der Waals surface area contributed by atoms with Crippen molar-refractivity contribution in [1.82, 2.24) is 9.80 Å². The minimum absolute atomic E-state index is 0.156. The second-order valence-electron chi connectivity index (χ2n) is 11.1. The van der Waals surface area contributed by atoms with Gasteiger partial charge >= 0.3 is 0 Å². The fraction of sp³-hybridized carbons (Fsp3) is 0.355. The highest BCUT2D eigenvalue weighted by molar-refractivity contribution is 7.92. The smallest absolute Gasteiger partial charge is 0.258 e. The number of likely N-dealkylation sites (N-methyl/N-ethyl adjacent to an activating group) is 1. The number of sulfonamides is 1. The molecule has 0 bridgehead atoms. The number of fused-ring (bicyclic) bond motifs is 1. The summed E-state index contributed by atoms with van der Waals surface area (Å²) in [5, 5.41) is 12.7. The number of nitrogens with zero attached hydrogens (tertiary/aromatic N) is 2. The third-order valence-electron chi connectivity index (χ3n) is 7.36. The number of nitrogen functional groups attached to an aromatic ring is 1. The van der Waals surface area contributed by atoms with Gasteiger partial charge in [0.2, 0.25) is 10.0 Å². The van der Waals surface area contributed by atoms with Gasteiger partial charge in [-0.3, -0.25) is 19.2 Å².